The van der Waals surface area contributed by atoms with Crippen LogP contribution in [-0.2, 0) is 11.4 Å². The van der Waals surface area contributed by atoms with Crippen LogP contribution in [0.5, 0.6) is 5.75 Å². The predicted octanol–water partition coefficient (Wildman–Crippen LogP) is 3.92. The number of carbonyl (C=O) groups is 1. The molecule has 1 aromatic heterocycles. The maximum absolute atomic E-state index is 12.4. The molecule has 1 aliphatic rings. The number of amides is 1. The molecule has 1 aliphatic heterocycles. The first-order valence-electron chi connectivity index (χ1n) is 9.85. The second-order valence-electron chi connectivity index (χ2n) is 7.02. The lowest BCUT2D eigenvalue weighted by Crippen LogP contribution is -2.30. The number of aromatic nitrogens is 3. The highest BCUT2D eigenvalue weighted by molar-refractivity contribution is 8.00. The number of ether oxygens (including phenoxy) is 1. The molecule has 1 fully saturated rings. The quantitative estimate of drug-likeness (QED) is 0.670. The molecule has 6 nitrogen and oxygen atoms in total. The predicted molar refractivity (Wildman–Crippen MR) is 113 cm³/mol. The highest BCUT2D eigenvalue weighted by Crippen LogP contribution is 2.30. The van der Waals surface area contributed by atoms with E-state index in [4.69, 9.17) is 4.74 Å². The number of hydrogen-bond acceptors (Lipinski definition) is 5. The molecule has 7 heteroatoms. The van der Waals surface area contributed by atoms with Crippen LogP contribution in [0.4, 0.5) is 0 Å². The smallest absolute Gasteiger partial charge is 0.233 e. The van der Waals surface area contributed by atoms with Crippen molar-refractivity contribution in [2.75, 3.05) is 6.54 Å². The van der Waals surface area contributed by atoms with Crippen molar-refractivity contribution in [3.63, 3.8) is 0 Å². The summed E-state index contributed by atoms with van der Waals surface area (Å²) in [5.41, 5.74) is 2.03. The number of hydrogen-bond donors (Lipinski definition) is 1. The van der Waals surface area contributed by atoms with E-state index < -0.39 is 0 Å². The van der Waals surface area contributed by atoms with Crippen molar-refractivity contribution < 1.29 is 9.53 Å². The molecule has 1 unspecified atom stereocenters. The Bertz CT molecular complexity index is 974. The zero-order chi connectivity index (χ0) is 20.1. The molecule has 1 amide bonds. The number of para-hydroxylation sites is 2. The van der Waals surface area contributed by atoms with Crippen molar-refractivity contribution in [3.05, 3.63) is 66.0 Å². The Labute approximate surface area is 174 Å². The second-order valence-corrected chi connectivity index (χ2v) is 8.19. The van der Waals surface area contributed by atoms with E-state index in [1.54, 1.807) is 0 Å². The summed E-state index contributed by atoms with van der Waals surface area (Å²) in [7, 11) is 0. The molecule has 0 saturated carbocycles. The van der Waals surface area contributed by atoms with Gasteiger partial charge in [-0.05, 0) is 43.5 Å². The zero-order valence-corrected chi connectivity index (χ0v) is 17.2. The topological polar surface area (TPSA) is 69.0 Å². The average molecular weight is 409 g/mol. The van der Waals surface area contributed by atoms with Crippen LogP contribution in [0.3, 0.4) is 0 Å². The summed E-state index contributed by atoms with van der Waals surface area (Å²) in [5.74, 6) is 1.61. The molecule has 1 atom stereocenters. The number of aryl methyl sites for hydroxylation is 1. The van der Waals surface area contributed by atoms with E-state index in [1.165, 1.54) is 11.8 Å². The summed E-state index contributed by atoms with van der Waals surface area (Å²) in [4.78, 5) is 12.4. The fourth-order valence-corrected chi connectivity index (χ4v) is 4.45. The Hall–Kier alpha value is -2.80. The molecule has 3 aromatic rings. The van der Waals surface area contributed by atoms with E-state index in [0.29, 0.717) is 17.6 Å². The highest BCUT2D eigenvalue weighted by atomic mass is 32.2. The van der Waals surface area contributed by atoms with Gasteiger partial charge in [-0.3, -0.25) is 9.36 Å². The molecular formula is C22H24N4O2S. The Morgan fingerprint density at radius 1 is 1.10 bits per heavy atom. The summed E-state index contributed by atoms with van der Waals surface area (Å²) in [6, 6.07) is 17.9. The fraction of sp³-hybridized carbons (Fsp3) is 0.318. The van der Waals surface area contributed by atoms with Crippen LogP contribution in [-0.4, -0.2) is 32.5 Å². The molecular weight excluding hydrogens is 384 g/mol. The molecule has 0 bridgehead atoms. The van der Waals surface area contributed by atoms with Crippen LogP contribution in [0, 0.1) is 6.92 Å². The maximum atomic E-state index is 12.4. The molecule has 0 aliphatic carbocycles. The summed E-state index contributed by atoms with van der Waals surface area (Å²) in [5, 5.41) is 12.3. The van der Waals surface area contributed by atoms with E-state index in [2.05, 4.69) is 15.5 Å². The molecule has 150 valence electrons. The minimum absolute atomic E-state index is 0.0767. The first-order chi connectivity index (χ1) is 14.2. The number of nitrogens with zero attached hydrogens (tertiary/aromatic N) is 3. The Morgan fingerprint density at radius 2 is 1.90 bits per heavy atom. The van der Waals surface area contributed by atoms with Gasteiger partial charge in [-0.15, -0.1) is 10.2 Å². The van der Waals surface area contributed by atoms with E-state index >= 15 is 0 Å². The third-order valence-electron chi connectivity index (χ3n) is 4.90. The molecule has 0 radical (unpaired) electrons. The summed E-state index contributed by atoms with van der Waals surface area (Å²) in [6.45, 7) is 3.06. The van der Waals surface area contributed by atoms with Crippen LogP contribution < -0.4 is 10.1 Å². The van der Waals surface area contributed by atoms with Crippen LogP contribution in [0.2, 0.25) is 0 Å². The summed E-state index contributed by atoms with van der Waals surface area (Å²) >= 11 is 1.47. The Balaban J connectivity index is 1.62. The van der Waals surface area contributed by atoms with Crippen molar-refractivity contribution >= 4 is 17.7 Å². The van der Waals surface area contributed by atoms with Crippen LogP contribution in [0.25, 0.3) is 5.69 Å². The van der Waals surface area contributed by atoms with Gasteiger partial charge in [-0.2, -0.15) is 0 Å². The minimum Gasteiger partial charge on any atom is -0.485 e. The van der Waals surface area contributed by atoms with Crippen LogP contribution >= 0.6 is 11.8 Å². The zero-order valence-electron chi connectivity index (χ0n) is 16.4. The number of benzene rings is 2. The first kappa shape index (κ1) is 19.5. The molecule has 0 spiro atoms. The van der Waals surface area contributed by atoms with Gasteiger partial charge in [0.2, 0.25) is 5.91 Å². The molecule has 2 aromatic carbocycles. The van der Waals surface area contributed by atoms with Gasteiger partial charge < -0.3 is 10.1 Å². The van der Waals surface area contributed by atoms with Crippen LogP contribution in [0.15, 0.2) is 59.8 Å². The summed E-state index contributed by atoms with van der Waals surface area (Å²) in [6.07, 6.45) is 2.88. The third-order valence-corrected chi connectivity index (χ3v) is 6.11. The molecule has 1 saturated heterocycles. The van der Waals surface area contributed by atoms with Gasteiger partial charge in [0.15, 0.2) is 11.0 Å². The first-order valence-corrected chi connectivity index (χ1v) is 10.7. The molecule has 4 rings (SSSR count). The Morgan fingerprint density at radius 3 is 2.72 bits per heavy atom. The second kappa shape index (κ2) is 9.13. The van der Waals surface area contributed by atoms with Gasteiger partial charge in [0.25, 0.3) is 0 Å². The average Bonchev–Trinajstić information content (AvgIpc) is 3.03. The summed E-state index contributed by atoms with van der Waals surface area (Å²) < 4.78 is 8.00. The number of carbonyl (C=O) groups excluding carboxylic acids is 1. The van der Waals surface area contributed by atoms with Crippen molar-refractivity contribution in [1.82, 2.24) is 20.1 Å². The van der Waals surface area contributed by atoms with Gasteiger partial charge in [-0.25, -0.2) is 0 Å². The molecule has 1 N–H and O–H groups in total. The standard InChI is InChI=1S/C22H24N4O2S/c1-16-9-5-6-12-18(16)28-15-20-24-25-22(26(20)17-10-3-2-4-11-17)29-19-13-7-8-14-23-21(19)27/h2-6,9-12,19H,7-8,13-15H2,1H3,(H,23,27). The third kappa shape index (κ3) is 4.62. The van der Waals surface area contributed by atoms with E-state index in [9.17, 15) is 4.79 Å². The number of nitrogens with one attached hydrogen (secondary N) is 1. The lowest BCUT2D eigenvalue weighted by Gasteiger charge is -2.15. The van der Waals surface area contributed by atoms with Gasteiger partial charge >= 0.3 is 0 Å². The number of thioether (sulfide) groups is 1. The minimum atomic E-state index is -0.158. The van der Waals surface area contributed by atoms with Crippen molar-refractivity contribution in [3.8, 4) is 11.4 Å². The molecule has 29 heavy (non-hydrogen) atoms. The van der Waals surface area contributed by atoms with E-state index in [1.807, 2.05) is 66.1 Å². The van der Waals surface area contributed by atoms with Gasteiger partial charge in [-0.1, -0.05) is 54.6 Å². The number of rotatable bonds is 6. The van der Waals surface area contributed by atoms with E-state index in [-0.39, 0.29) is 11.2 Å². The lowest BCUT2D eigenvalue weighted by molar-refractivity contribution is -0.120. The monoisotopic (exact) mass is 408 g/mol. The Kier molecular flexibility index (Phi) is 6.14. The highest BCUT2D eigenvalue weighted by Gasteiger charge is 2.25. The van der Waals surface area contributed by atoms with E-state index in [0.717, 1.165) is 42.8 Å². The van der Waals surface area contributed by atoms with Gasteiger partial charge in [0, 0.05) is 12.2 Å². The van der Waals surface area contributed by atoms with Crippen molar-refractivity contribution in [1.29, 1.82) is 0 Å². The normalized spacial score (nSPS) is 16.9. The van der Waals surface area contributed by atoms with Crippen molar-refractivity contribution in [2.45, 2.75) is 43.2 Å². The van der Waals surface area contributed by atoms with Gasteiger partial charge in [0.05, 0.1) is 5.25 Å². The largest absolute Gasteiger partial charge is 0.485 e. The SMILES string of the molecule is Cc1ccccc1OCc1nnc(SC2CCCCNC2=O)n1-c1ccccc1. The molecule has 2 heterocycles. The van der Waals surface area contributed by atoms with Crippen molar-refractivity contribution in [2.24, 2.45) is 0 Å². The van der Waals surface area contributed by atoms with Crippen LogP contribution in [0.1, 0.15) is 30.7 Å². The lowest BCUT2D eigenvalue weighted by atomic mass is 10.2. The fourth-order valence-electron chi connectivity index (χ4n) is 3.32. The van der Waals surface area contributed by atoms with Gasteiger partial charge in [0.1, 0.15) is 12.4 Å². The maximum Gasteiger partial charge on any atom is 0.233 e.